The summed E-state index contributed by atoms with van der Waals surface area (Å²) in [4.78, 5) is 15.8. The molecule has 0 bridgehead atoms. The monoisotopic (exact) mass is 283 g/mol. The smallest absolute Gasteiger partial charge is 0.242 e. The lowest BCUT2D eigenvalue weighted by molar-refractivity contribution is -0.120. The number of rotatable bonds is 4. The molecule has 0 spiro atoms. The molecule has 1 aromatic rings. The topological polar surface area (TPSA) is 83.2 Å². The van der Waals surface area contributed by atoms with Gasteiger partial charge in [0.05, 0.1) is 18.7 Å². The molecule has 1 aliphatic heterocycles. The van der Waals surface area contributed by atoms with E-state index in [0.717, 1.165) is 6.54 Å². The third-order valence-electron chi connectivity index (χ3n) is 3.44. The molecular formula is C15H17N5O. The third-order valence-corrected chi connectivity index (χ3v) is 3.44. The largest absolute Gasteiger partial charge is 0.313 e. The molecule has 1 heterocycles. The van der Waals surface area contributed by atoms with Gasteiger partial charge in [0.25, 0.3) is 0 Å². The Morgan fingerprint density at radius 1 is 1.38 bits per heavy atom. The van der Waals surface area contributed by atoms with Crippen molar-refractivity contribution in [3.63, 3.8) is 0 Å². The van der Waals surface area contributed by atoms with Crippen molar-refractivity contribution < 1.29 is 4.79 Å². The molecule has 108 valence electrons. The van der Waals surface area contributed by atoms with Crippen molar-refractivity contribution in [3.8, 4) is 12.1 Å². The van der Waals surface area contributed by atoms with E-state index in [-0.39, 0.29) is 25.0 Å². The van der Waals surface area contributed by atoms with Crippen molar-refractivity contribution >= 4 is 11.6 Å². The Bertz CT molecular complexity index is 560. The summed E-state index contributed by atoms with van der Waals surface area (Å²) in [6.07, 6.45) is 0. The molecule has 0 saturated carbocycles. The van der Waals surface area contributed by atoms with Crippen LogP contribution in [0, 0.1) is 22.7 Å². The number of nitrogens with zero attached hydrogens (tertiary/aromatic N) is 4. The summed E-state index contributed by atoms with van der Waals surface area (Å²) < 4.78 is 0. The standard InChI is InChI=1S/C15H17N5O/c16-6-8-20(13-4-2-1-3-5-13)15(21)12-19-9-7-18-11-14(19)10-17/h1-5,14,18H,7-9,11-12H2. The molecule has 0 aliphatic carbocycles. The summed E-state index contributed by atoms with van der Waals surface area (Å²) in [6, 6.07) is 13.0. The van der Waals surface area contributed by atoms with Crippen LogP contribution in [0.3, 0.4) is 0 Å². The van der Waals surface area contributed by atoms with E-state index in [9.17, 15) is 4.79 Å². The van der Waals surface area contributed by atoms with E-state index >= 15 is 0 Å². The number of anilines is 1. The second kappa shape index (κ2) is 7.39. The first-order chi connectivity index (χ1) is 10.3. The number of para-hydroxylation sites is 1. The molecule has 6 nitrogen and oxygen atoms in total. The average Bonchev–Trinajstić information content (AvgIpc) is 2.53. The zero-order valence-electron chi connectivity index (χ0n) is 11.7. The molecule has 0 radical (unpaired) electrons. The van der Waals surface area contributed by atoms with Crippen molar-refractivity contribution in [1.82, 2.24) is 10.2 Å². The Labute approximate surface area is 124 Å². The molecule has 1 fully saturated rings. The van der Waals surface area contributed by atoms with E-state index in [1.165, 1.54) is 4.90 Å². The van der Waals surface area contributed by atoms with Crippen LogP contribution >= 0.6 is 0 Å². The second-order valence-corrected chi connectivity index (χ2v) is 4.79. The highest BCUT2D eigenvalue weighted by Crippen LogP contribution is 2.14. The van der Waals surface area contributed by atoms with E-state index < -0.39 is 0 Å². The molecular weight excluding hydrogens is 266 g/mol. The molecule has 1 aliphatic rings. The van der Waals surface area contributed by atoms with E-state index in [1.54, 1.807) is 12.1 Å². The van der Waals surface area contributed by atoms with Crippen molar-refractivity contribution in [2.75, 3.05) is 37.6 Å². The number of nitriles is 2. The molecule has 21 heavy (non-hydrogen) atoms. The highest BCUT2D eigenvalue weighted by molar-refractivity contribution is 5.95. The van der Waals surface area contributed by atoms with Gasteiger partial charge in [0.15, 0.2) is 0 Å². The summed E-state index contributed by atoms with van der Waals surface area (Å²) in [7, 11) is 0. The van der Waals surface area contributed by atoms with Crippen molar-refractivity contribution in [3.05, 3.63) is 30.3 Å². The van der Waals surface area contributed by atoms with Crippen molar-refractivity contribution in [1.29, 1.82) is 10.5 Å². The molecule has 1 aromatic carbocycles. The molecule has 1 amide bonds. The molecule has 1 N–H and O–H groups in total. The Morgan fingerprint density at radius 3 is 2.81 bits per heavy atom. The number of carbonyl (C=O) groups is 1. The Balaban J connectivity index is 2.09. The normalized spacial score (nSPS) is 18.5. The Kier molecular flexibility index (Phi) is 5.28. The van der Waals surface area contributed by atoms with Crippen LogP contribution in [0.5, 0.6) is 0 Å². The highest BCUT2D eigenvalue weighted by atomic mass is 16.2. The summed E-state index contributed by atoms with van der Waals surface area (Å²) in [5.74, 6) is -0.162. The summed E-state index contributed by atoms with van der Waals surface area (Å²) >= 11 is 0. The predicted molar refractivity (Wildman–Crippen MR) is 78.3 cm³/mol. The number of hydrogen-bond donors (Lipinski definition) is 1. The van der Waals surface area contributed by atoms with E-state index in [1.807, 2.05) is 29.2 Å². The maximum Gasteiger partial charge on any atom is 0.242 e. The van der Waals surface area contributed by atoms with Gasteiger partial charge in [0, 0.05) is 25.3 Å². The van der Waals surface area contributed by atoms with Crippen LogP contribution in [0.15, 0.2) is 30.3 Å². The predicted octanol–water partition coefficient (Wildman–Crippen LogP) is 0.341. The minimum atomic E-state index is -0.303. The fraction of sp³-hybridized carbons (Fsp3) is 0.400. The minimum absolute atomic E-state index is 0.00611. The Morgan fingerprint density at radius 2 is 2.14 bits per heavy atom. The minimum Gasteiger partial charge on any atom is -0.313 e. The molecule has 1 atom stereocenters. The lowest BCUT2D eigenvalue weighted by Gasteiger charge is -2.32. The van der Waals surface area contributed by atoms with E-state index in [2.05, 4.69) is 11.4 Å². The number of nitrogens with one attached hydrogen (secondary N) is 1. The fourth-order valence-electron chi connectivity index (χ4n) is 2.32. The van der Waals surface area contributed by atoms with E-state index in [0.29, 0.717) is 18.8 Å². The molecule has 6 heteroatoms. The van der Waals surface area contributed by atoms with Crippen LogP contribution in [-0.4, -0.2) is 49.6 Å². The van der Waals surface area contributed by atoms with Gasteiger partial charge in [-0.05, 0) is 12.1 Å². The van der Waals surface area contributed by atoms with Gasteiger partial charge in [-0.1, -0.05) is 18.2 Å². The first kappa shape index (κ1) is 15.0. The zero-order chi connectivity index (χ0) is 15.1. The average molecular weight is 283 g/mol. The molecule has 1 unspecified atom stereocenters. The maximum absolute atomic E-state index is 12.5. The number of amides is 1. The van der Waals surface area contributed by atoms with Gasteiger partial charge in [-0.3, -0.25) is 14.6 Å². The van der Waals surface area contributed by atoms with Gasteiger partial charge in [-0.2, -0.15) is 10.5 Å². The fourth-order valence-corrected chi connectivity index (χ4v) is 2.32. The number of piperazine rings is 1. The third kappa shape index (κ3) is 3.79. The van der Waals surface area contributed by atoms with Crippen LogP contribution in [-0.2, 0) is 4.79 Å². The molecule has 2 rings (SSSR count). The van der Waals surface area contributed by atoms with Crippen LogP contribution < -0.4 is 10.2 Å². The van der Waals surface area contributed by atoms with Crippen LogP contribution in [0.2, 0.25) is 0 Å². The first-order valence-electron chi connectivity index (χ1n) is 6.83. The van der Waals surface area contributed by atoms with Crippen molar-refractivity contribution in [2.24, 2.45) is 0 Å². The van der Waals surface area contributed by atoms with Gasteiger partial charge in [0.1, 0.15) is 12.6 Å². The molecule has 0 aromatic heterocycles. The van der Waals surface area contributed by atoms with Gasteiger partial charge in [-0.25, -0.2) is 0 Å². The van der Waals surface area contributed by atoms with E-state index in [4.69, 9.17) is 10.5 Å². The van der Waals surface area contributed by atoms with Crippen LogP contribution in [0.25, 0.3) is 0 Å². The van der Waals surface area contributed by atoms with Crippen molar-refractivity contribution in [2.45, 2.75) is 6.04 Å². The van der Waals surface area contributed by atoms with Gasteiger partial charge in [-0.15, -0.1) is 0 Å². The van der Waals surface area contributed by atoms with Gasteiger partial charge in [0.2, 0.25) is 5.91 Å². The summed E-state index contributed by atoms with van der Waals surface area (Å²) in [5, 5.41) is 21.2. The molecule has 1 saturated heterocycles. The second-order valence-electron chi connectivity index (χ2n) is 4.79. The summed E-state index contributed by atoms with van der Waals surface area (Å²) in [5.41, 5.74) is 0.702. The van der Waals surface area contributed by atoms with Gasteiger partial charge < -0.3 is 5.32 Å². The maximum atomic E-state index is 12.5. The number of hydrogen-bond acceptors (Lipinski definition) is 5. The highest BCUT2D eigenvalue weighted by Gasteiger charge is 2.26. The number of carbonyl (C=O) groups excluding carboxylic acids is 1. The Hall–Kier alpha value is -2.41. The zero-order valence-corrected chi connectivity index (χ0v) is 11.7. The quantitative estimate of drug-likeness (QED) is 0.806. The first-order valence-corrected chi connectivity index (χ1v) is 6.83. The van der Waals surface area contributed by atoms with Crippen LogP contribution in [0.1, 0.15) is 0 Å². The summed E-state index contributed by atoms with van der Waals surface area (Å²) in [6.45, 7) is 2.13. The SMILES string of the molecule is N#CCN(C(=O)CN1CCNCC1C#N)c1ccccc1. The lowest BCUT2D eigenvalue weighted by atomic mass is 10.2. The van der Waals surface area contributed by atoms with Crippen LogP contribution in [0.4, 0.5) is 5.69 Å². The number of benzene rings is 1. The lowest BCUT2D eigenvalue weighted by Crippen LogP contribution is -2.54. The van der Waals surface area contributed by atoms with Gasteiger partial charge >= 0.3 is 0 Å².